The fourth-order valence-corrected chi connectivity index (χ4v) is 3.96. The maximum absolute atomic E-state index is 13.6. The van der Waals surface area contributed by atoms with Crippen LogP contribution >= 0.6 is 0 Å². The van der Waals surface area contributed by atoms with Crippen molar-refractivity contribution in [3.63, 3.8) is 0 Å². The van der Waals surface area contributed by atoms with Gasteiger partial charge in [0.1, 0.15) is 17.3 Å². The molecule has 1 fully saturated rings. The van der Waals surface area contributed by atoms with E-state index in [2.05, 4.69) is 0 Å². The standard InChI is InChI=1S/C25H29FN2O4/c1-5-32-19-11-12-20(16(2)15-19)23(29)21-22(17-7-9-18(26)10-8-17)28(25(31)24(21)30)14-6-13-27(3)4/h7-12,15,22,29H,5-6,13-14H2,1-4H3/b23-21-. The lowest BCUT2D eigenvalue weighted by Gasteiger charge is -2.26. The molecule has 2 aromatic rings. The second-order valence-corrected chi connectivity index (χ2v) is 8.11. The van der Waals surface area contributed by atoms with Crippen LogP contribution < -0.4 is 4.74 Å². The van der Waals surface area contributed by atoms with Crippen LogP contribution in [-0.4, -0.2) is 60.4 Å². The van der Waals surface area contributed by atoms with Crippen LogP contribution in [0.25, 0.3) is 5.76 Å². The zero-order valence-electron chi connectivity index (χ0n) is 18.9. The molecule has 1 saturated heterocycles. The van der Waals surface area contributed by atoms with Gasteiger partial charge in [0, 0.05) is 12.1 Å². The van der Waals surface area contributed by atoms with Crippen LogP contribution in [0.1, 0.15) is 36.1 Å². The lowest BCUT2D eigenvalue weighted by atomic mass is 9.94. The summed E-state index contributed by atoms with van der Waals surface area (Å²) in [5.41, 5.74) is 1.75. The Kier molecular flexibility index (Phi) is 7.30. The molecular weight excluding hydrogens is 411 g/mol. The van der Waals surface area contributed by atoms with E-state index in [1.807, 2.05) is 25.9 Å². The number of nitrogens with zero attached hydrogens (tertiary/aromatic N) is 2. The Labute approximate surface area is 187 Å². The molecule has 1 unspecified atom stereocenters. The molecular formula is C25H29FN2O4. The van der Waals surface area contributed by atoms with Gasteiger partial charge in [0.2, 0.25) is 0 Å². The summed E-state index contributed by atoms with van der Waals surface area (Å²) in [4.78, 5) is 29.4. The highest BCUT2D eigenvalue weighted by Gasteiger charge is 2.45. The third-order valence-electron chi connectivity index (χ3n) is 5.49. The summed E-state index contributed by atoms with van der Waals surface area (Å²) in [5.74, 6) is -1.41. The molecule has 32 heavy (non-hydrogen) atoms. The Bertz CT molecular complexity index is 1030. The first-order valence-electron chi connectivity index (χ1n) is 10.7. The molecule has 0 aliphatic carbocycles. The van der Waals surface area contributed by atoms with Crippen LogP contribution in [0.15, 0.2) is 48.0 Å². The molecule has 0 aromatic heterocycles. The van der Waals surface area contributed by atoms with Crippen molar-refractivity contribution in [2.24, 2.45) is 0 Å². The number of likely N-dealkylation sites (tertiary alicyclic amines) is 1. The number of rotatable bonds is 8. The lowest BCUT2D eigenvalue weighted by molar-refractivity contribution is -0.139. The molecule has 6 nitrogen and oxygen atoms in total. The van der Waals surface area contributed by atoms with E-state index in [1.165, 1.54) is 17.0 Å². The first kappa shape index (κ1) is 23.5. The molecule has 0 radical (unpaired) electrons. The molecule has 1 amide bonds. The van der Waals surface area contributed by atoms with Gasteiger partial charge in [-0.1, -0.05) is 12.1 Å². The normalized spacial score (nSPS) is 17.9. The highest BCUT2D eigenvalue weighted by atomic mass is 19.1. The monoisotopic (exact) mass is 440 g/mol. The molecule has 7 heteroatoms. The summed E-state index contributed by atoms with van der Waals surface area (Å²) in [7, 11) is 3.86. The number of ketones is 1. The highest BCUT2D eigenvalue weighted by Crippen LogP contribution is 2.40. The number of benzene rings is 2. The van der Waals surface area contributed by atoms with Crippen molar-refractivity contribution in [1.82, 2.24) is 9.80 Å². The summed E-state index contributed by atoms with van der Waals surface area (Å²) in [6.45, 7) is 5.26. The molecule has 0 bridgehead atoms. The average molecular weight is 441 g/mol. The van der Waals surface area contributed by atoms with Gasteiger partial charge in [-0.15, -0.1) is 0 Å². The minimum Gasteiger partial charge on any atom is -0.507 e. The Balaban J connectivity index is 2.09. The number of halogens is 1. The number of ether oxygens (including phenoxy) is 1. The van der Waals surface area contributed by atoms with E-state index in [0.717, 1.165) is 6.54 Å². The Hall–Kier alpha value is -3.19. The van der Waals surface area contributed by atoms with E-state index in [9.17, 15) is 19.1 Å². The molecule has 1 atom stereocenters. The topological polar surface area (TPSA) is 70.1 Å². The van der Waals surface area contributed by atoms with Crippen LogP contribution in [0.4, 0.5) is 4.39 Å². The molecule has 1 aliphatic heterocycles. The van der Waals surface area contributed by atoms with Crippen molar-refractivity contribution >= 4 is 17.4 Å². The molecule has 3 rings (SSSR count). The number of carbonyl (C=O) groups is 2. The first-order chi connectivity index (χ1) is 15.2. The number of aryl methyl sites for hydroxylation is 1. The summed E-state index contributed by atoms with van der Waals surface area (Å²) in [5, 5.41) is 11.2. The van der Waals surface area contributed by atoms with Crippen molar-refractivity contribution in [1.29, 1.82) is 0 Å². The van der Waals surface area contributed by atoms with E-state index in [1.54, 1.807) is 37.3 Å². The summed E-state index contributed by atoms with van der Waals surface area (Å²) in [6.07, 6.45) is 0.653. The van der Waals surface area contributed by atoms with Gasteiger partial charge < -0.3 is 19.6 Å². The minimum absolute atomic E-state index is 0.0127. The second-order valence-electron chi connectivity index (χ2n) is 8.11. The van der Waals surface area contributed by atoms with Gasteiger partial charge in [-0.25, -0.2) is 4.39 Å². The minimum atomic E-state index is -0.788. The molecule has 1 heterocycles. The van der Waals surface area contributed by atoms with Crippen molar-refractivity contribution in [3.8, 4) is 5.75 Å². The number of aliphatic hydroxyl groups is 1. The maximum Gasteiger partial charge on any atom is 0.295 e. The van der Waals surface area contributed by atoms with Gasteiger partial charge in [-0.2, -0.15) is 0 Å². The number of hydrogen-bond acceptors (Lipinski definition) is 5. The smallest absolute Gasteiger partial charge is 0.295 e. The predicted molar refractivity (Wildman–Crippen MR) is 121 cm³/mol. The van der Waals surface area contributed by atoms with Gasteiger partial charge in [0.25, 0.3) is 11.7 Å². The molecule has 1 N–H and O–H groups in total. The Morgan fingerprint density at radius 1 is 1.16 bits per heavy atom. The van der Waals surface area contributed by atoms with E-state index in [0.29, 0.717) is 42.0 Å². The number of hydrogen-bond donors (Lipinski definition) is 1. The van der Waals surface area contributed by atoms with E-state index in [-0.39, 0.29) is 11.3 Å². The van der Waals surface area contributed by atoms with Crippen LogP contribution in [-0.2, 0) is 9.59 Å². The molecule has 2 aromatic carbocycles. The van der Waals surface area contributed by atoms with E-state index >= 15 is 0 Å². The van der Waals surface area contributed by atoms with Gasteiger partial charge in [0.05, 0.1) is 18.2 Å². The average Bonchev–Trinajstić information content (AvgIpc) is 2.99. The molecule has 1 aliphatic rings. The molecule has 170 valence electrons. The van der Waals surface area contributed by atoms with Crippen molar-refractivity contribution < 1.29 is 23.8 Å². The van der Waals surface area contributed by atoms with Gasteiger partial charge in [-0.05, 0) is 82.4 Å². The first-order valence-corrected chi connectivity index (χ1v) is 10.7. The summed E-state index contributed by atoms with van der Waals surface area (Å²) in [6, 6.07) is 10.0. The quantitative estimate of drug-likeness (QED) is 0.383. The van der Waals surface area contributed by atoms with E-state index in [4.69, 9.17) is 4.74 Å². The third-order valence-corrected chi connectivity index (χ3v) is 5.49. The Morgan fingerprint density at radius 2 is 1.84 bits per heavy atom. The number of amides is 1. The number of Topliss-reactive ketones (excluding diaryl/α,β-unsaturated/α-hetero) is 1. The summed E-state index contributed by atoms with van der Waals surface area (Å²) >= 11 is 0. The zero-order valence-corrected chi connectivity index (χ0v) is 18.9. The largest absolute Gasteiger partial charge is 0.507 e. The second kappa shape index (κ2) is 9.96. The Morgan fingerprint density at radius 3 is 2.44 bits per heavy atom. The van der Waals surface area contributed by atoms with Gasteiger partial charge in [-0.3, -0.25) is 9.59 Å². The number of carbonyl (C=O) groups excluding carboxylic acids is 2. The SMILES string of the molecule is CCOc1ccc(/C(O)=C2/C(=O)C(=O)N(CCCN(C)C)C2c2ccc(F)cc2)c(C)c1. The molecule has 0 saturated carbocycles. The van der Waals surface area contributed by atoms with Gasteiger partial charge in [0.15, 0.2) is 0 Å². The van der Waals surface area contributed by atoms with Crippen molar-refractivity contribution in [3.05, 3.63) is 70.5 Å². The van der Waals surface area contributed by atoms with E-state index < -0.39 is 23.5 Å². The predicted octanol–water partition coefficient (Wildman–Crippen LogP) is 3.91. The fourth-order valence-electron chi connectivity index (χ4n) is 3.96. The maximum atomic E-state index is 13.6. The van der Waals surface area contributed by atoms with Crippen LogP contribution in [0.3, 0.4) is 0 Å². The number of aliphatic hydroxyl groups excluding tert-OH is 1. The zero-order chi connectivity index (χ0) is 23.4. The van der Waals surface area contributed by atoms with Crippen LogP contribution in [0, 0.1) is 12.7 Å². The fraction of sp³-hybridized carbons (Fsp3) is 0.360. The van der Waals surface area contributed by atoms with Crippen molar-refractivity contribution in [2.45, 2.75) is 26.3 Å². The lowest BCUT2D eigenvalue weighted by Crippen LogP contribution is -2.32. The summed E-state index contributed by atoms with van der Waals surface area (Å²) < 4.78 is 19.1. The van der Waals surface area contributed by atoms with Gasteiger partial charge >= 0.3 is 0 Å². The van der Waals surface area contributed by atoms with Crippen LogP contribution in [0.5, 0.6) is 5.75 Å². The third kappa shape index (κ3) is 4.83. The highest BCUT2D eigenvalue weighted by molar-refractivity contribution is 6.46. The molecule has 0 spiro atoms. The van der Waals surface area contributed by atoms with Crippen LogP contribution in [0.2, 0.25) is 0 Å². The van der Waals surface area contributed by atoms with Crippen molar-refractivity contribution in [2.75, 3.05) is 33.8 Å².